The first-order valence-corrected chi connectivity index (χ1v) is 18.5. The maximum Gasteiger partial charge on any atom is 0.192 e. The van der Waals surface area contributed by atoms with Gasteiger partial charge in [0.15, 0.2) is 22.4 Å². The van der Waals surface area contributed by atoms with E-state index in [1.807, 2.05) is 13.0 Å². The van der Waals surface area contributed by atoms with Gasteiger partial charge in [-0.25, -0.2) is 0 Å². The summed E-state index contributed by atoms with van der Waals surface area (Å²) in [7, 11) is -3.74. The van der Waals surface area contributed by atoms with Gasteiger partial charge < -0.3 is 14.0 Å². The molecule has 1 N–H and O–H groups in total. The molecule has 1 aliphatic carbocycles. The molecule has 0 aromatic carbocycles. The summed E-state index contributed by atoms with van der Waals surface area (Å²) < 4.78 is 12.9. The van der Waals surface area contributed by atoms with Crippen LogP contribution < -0.4 is 0 Å². The van der Waals surface area contributed by atoms with Crippen LogP contribution in [0.2, 0.25) is 36.3 Å². The van der Waals surface area contributed by atoms with Crippen molar-refractivity contribution >= 4 is 22.4 Å². The fourth-order valence-corrected chi connectivity index (χ4v) is 6.44. The first-order chi connectivity index (χ1) is 14.5. The van der Waals surface area contributed by atoms with Crippen LogP contribution in [0.15, 0.2) is 11.6 Å². The van der Waals surface area contributed by atoms with Crippen molar-refractivity contribution in [2.45, 2.75) is 137 Å². The Morgan fingerprint density at radius 3 is 1.94 bits per heavy atom. The molecule has 1 rings (SSSR count). The molecule has 6 heteroatoms. The van der Waals surface area contributed by atoms with Crippen LogP contribution >= 0.6 is 0 Å². The van der Waals surface area contributed by atoms with Gasteiger partial charge in [0.25, 0.3) is 0 Å². The molecular weight excluding hydrogens is 444 g/mol. The second kappa shape index (κ2) is 10.00. The fraction of sp³-hybridized carbons (Fsp3) is 0.889. The van der Waals surface area contributed by atoms with Gasteiger partial charge in [-0.3, -0.25) is 4.79 Å². The molecule has 0 heterocycles. The van der Waals surface area contributed by atoms with E-state index < -0.39 is 22.7 Å². The SMILES string of the molecule is C/C(=C\CO[Si](C)(C)C(C)(C)C)C(=O)C[C@H](O)[C@]1(C)C[C@@H](O[Si](C)(C)C(C)(C)C)CC1(C)C. The molecule has 0 radical (unpaired) electrons. The van der Waals surface area contributed by atoms with Crippen molar-refractivity contribution in [2.24, 2.45) is 10.8 Å². The van der Waals surface area contributed by atoms with E-state index in [2.05, 4.69) is 88.5 Å². The van der Waals surface area contributed by atoms with E-state index in [4.69, 9.17) is 8.85 Å². The third kappa shape index (κ3) is 7.12. The Balaban J connectivity index is 2.86. The molecule has 33 heavy (non-hydrogen) atoms. The summed E-state index contributed by atoms with van der Waals surface area (Å²) in [5, 5.41) is 11.6. The van der Waals surface area contributed by atoms with Crippen LogP contribution in [-0.4, -0.2) is 46.3 Å². The molecule has 3 atom stereocenters. The minimum Gasteiger partial charge on any atom is -0.414 e. The molecule has 194 valence electrons. The second-order valence-corrected chi connectivity index (χ2v) is 23.9. The van der Waals surface area contributed by atoms with E-state index in [-0.39, 0.29) is 39.2 Å². The maximum atomic E-state index is 13.0. The summed E-state index contributed by atoms with van der Waals surface area (Å²) in [5.41, 5.74) is 0.206. The smallest absolute Gasteiger partial charge is 0.192 e. The highest BCUT2D eigenvalue weighted by molar-refractivity contribution is 6.74. The topological polar surface area (TPSA) is 55.8 Å². The van der Waals surface area contributed by atoms with Crippen molar-refractivity contribution in [1.29, 1.82) is 0 Å². The molecule has 0 bridgehead atoms. The van der Waals surface area contributed by atoms with Gasteiger partial charge in [0.05, 0.1) is 12.7 Å². The summed E-state index contributed by atoms with van der Waals surface area (Å²) in [6, 6.07) is 0. The Morgan fingerprint density at radius 2 is 1.48 bits per heavy atom. The molecule has 0 amide bonds. The van der Waals surface area contributed by atoms with Crippen LogP contribution in [0.3, 0.4) is 0 Å². The molecule has 1 saturated carbocycles. The molecule has 4 nitrogen and oxygen atoms in total. The lowest BCUT2D eigenvalue weighted by Crippen LogP contribution is -2.44. The third-order valence-corrected chi connectivity index (χ3v) is 18.4. The average molecular weight is 499 g/mol. The zero-order chi connectivity index (χ0) is 26.3. The van der Waals surface area contributed by atoms with E-state index in [1.165, 1.54) is 0 Å². The monoisotopic (exact) mass is 498 g/mol. The normalized spacial score (nSPS) is 25.9. The fourth-order valence-electron chi connectivity index (χ4n) is 4.15. The molecule has 0 unspecified atom stereocenters. The van der Waals surface area contributed by atoms with Gasteiger partial charge in [-0.15, -0.1) is 0 Å². The van der Waals surface area contributed by atoms with Gasteiger partial charge >= 0.3 is 0 Å². The summed E-state index contributed by atoms with van der Waals surface area (Å²) in [4.78, 5) is 13.0. The van der Waals surface area contributed by atoms with Crippen molar-refractivity contribution < 1.29 is 18.8 Å². The molecule has 0 saturated heterocycles. The van der Waals surface area contributed by atoms with Crippen LogP contribution in [0.1, 0.15) is 88.5 Å². The van der Waals surface area contributed by atoms with E-state index in [0.29, 0.717) is 12.2 Å². The number of rotatable bonds is 9. The van der Waals surface area contributed by atoms with Crippen molar-refractivity contribution in [3.63, 3.8) is 0 Å². The van der Waals surface area contributed by atoms with E-state index >= 15 is 0 Å². The number of Topliss-reactive ketones (excluding diaryl/α,β-unsaturated/α-hetero) is 1. The average Bonchev–Trinajstić information content (AvgIpc) is 2.81. The van der Waals surface area contributed by atoms with Crippen LogP contribution in [0.25, 0.3) is 0 Å². The number of carbonyl (C=O) groups is 1. The molecule has 0 spiro atoms. The van der Waals surface area contributed by atoms with E-state index in [1.54, 1.807) is 0 Å². The molecular formula is C27H54O4Si2. The minimum atomic E-state index is -1.89. The highest BCUT2D eigenvalue weighted by Crippen LogP contribution is 2.57. The Labute approximate surface area is 207 Å². The zero-order valence-electron chi connectivity index (χ0n) is 24.2. The molecule has 0 aliphatic heterocycles. The molecule has 0 aromatic heterocycles. The number of carbonyl (C=O) groups excluding carboxylic acids is 1. The predicted molar refractivity (Wildman–Crippen MR) is 146 cm³/mol. The van der Waals surface area contributed by atoms with Gasteiger partial charge in [-0.05, 0) is 67.0 Å². The first-order valence-electron chi connectivity index (χ1n) is 12.7. The lowest BCUT2D eigenvalue weighted by atomic mass is 9.65. The second-order valence-electron chi connectivity index (χ2n) is 14.3. The van der Waals surface area contributed by atoms with Crippen LogP contribution in [0.5, 0.6) is 0 Å². The van der Waals surface area contributed by atoms with Crippen LogP contribution in [0.4, 0.5) is 0 Å². The van der Waals surface area contributed by atoms with Gasteiger partial charge in [-0.2, -0.15) is 0 Å². The summed E-state index contributed by atoms with van der Waals surface area (Å²) in [6.07, 6.45) is 3.17. The summed E-state index contributed by atoms with van der Waals surface area (Å²) in [5.74, 6) is 0.00659. The standard InChI is InChI=1S/C27H54O4Si2/c1-20(15-16-30-32(11,12)24(2,3)4)22(28)17-23(29)27(10)19-21(18-26(27,8)9)31-33(13,14)25(5,6)7/h15,21,23,29H,16-19H2,1-14H3/b20-15+/t21-,23-,27-/m0/s1. The number of hydrogen-bond acceptors (Lipinski definition) is 4. The lowest BCUT2D eigenvalue weighted by Gasteiger charge is -2.42. The highest BCUT2D eigenvalue weighted by Gasteiger charge is 2.55. The Kier molecular flexibility index (Phi) is 9.32. The number of aliphatic hydroxyl groups is 1. The minimum absolute atomic E-state index is 0.00659. The Bertz CT molecular complexity index is 725. The van der Waals surface area contributed by atoms with Crippen molar-refractivity contribution in [3.8, 4) is 0 Å². The largest absolute Gasteiger partial charge is 0.414 e. The Morgan fingerprint density at radius 1 is 1.00 bits per heavy atom. The number of allylic oxidation sites excluding steroid dienone is 1. The predicted octanol–water partition coefficient (Wildman–Crippen LogP) is 7.49. The van der Waals surface area contributed by atoms with Gasteiger partial charge in [0.1, 0.15) is 0 Å². The van der Waals surface area contributed by atoms with Gasteiger partial charge in [0, 0.05) is 17.9 Å². The summed E-state index contributed by atoms with van der Waals surface area (Å²) >= 11 is 0. The van der Waals surface area contributed by atoms with Crippen molar-refractivity contribution in [2.75, 3.05) is 6.61 Å². The highest BCUT2D eigenvalue weighted by atomic mass is 28.4. The van der Waals surface area contributed by atoms with E-state index in [9.17, 15) is 9.90 Å². The molecule has 0 aromatic rings. The number of aliphatic hydroxyl groups excluding tert-OH is 1. The van der Waals surface area contributed by atoms with Gasteiger partial charge in [0.2, 0.25) is 0 Å². The van der Waals surface area contributed by atoms with Crippen molar-refractivity contribution in [1.82, 2.24) is 0 Å². The number of ketones is 1. The van der Waals surface area contributed by atoms with E-state index in [0.717, 1.165) is 12.8 Å². The molecule has 1 fully saturated rings. The first kappa shape index (κ1) is 30.8. The Hall–Kier alpha value is -0.276. The molecule has 1 aliphatic rings. The zero-order valence-corrected chi connectivity index (χ0v) is 26.2. The van der Waals surface area contributed by atoms with Crippen LogP contribution in [-0.2, 0) is 13.6 Å². The maximum absolute atomic E-state index is 13.0. The van der Waals surface area contributed by atoms with Gasteiger partial charge in [-0.1, -0.05) is 68.4 Å². The van der Waals surface area contributed by atoms with Crippen LogP contribution in [0, 0.1) is 10.8 Å². The van der Waals surface area contributed by atoms with Crippen molar-refractivity contribution in [3.05, 3.63) is 11.6 Å². The quantitative estimate of drug-likeness (QED) is 0.264. The third-order valence-electron chi connectivity index (χ3n) is 9.40. The lowest BCUT2D eigenvalue weighted by molar-refractivity contribution is -0.121. The summed E-state index contributed by atoms with van der Waals surface area (Å²) in [6.45, 7) is 31.3. The number of hydrogen-bond donors (Lipinski definition) is 1.